The molecule has 21 heavy (non-hydrogen) atoms. The number of carbonyl (C=O) groups is 1. The highest BCUT2D eigenvalue weighted by Gasteiger charge is 2.00. The fraction of sp³-hybridized carbons (Fsp3) is 0.316. The van der Waals surface area contributed by atoms with Crippen LogP contribution in [0.1, 0.15) is 31.4 Å². The fourth-order valence-corrected chi connectivity index (χ4v) is 1.85. The van der Waals surface area contributed by atoms with Crippen molar-refractivity contribution in [3.8, 4) is 0 Å². The average Bonchev–Trinajstić information content (AvgIpc) is 2.49. The van der Waals surface area contributed by atoms with Crippen LogP contribution in [0.15, 0.2) is 60.7 Å². The predicted molar refractivity (Wildman–Crippen MR) is 89.0 cm³/mol. The molecule has 0 aliphatic carbocycles. The van der Waals surface area contributed by atoms with Crippen molar-refractivity contribution in [1.82, 2.24) is 4.90 Å². The first-order valence-corrected chi connectivity index (χ1v) is 7.37. The maximum absolute atomic E-state index is 9.81. The smallest absolute Gasteiger partial charge is 0.129 e. The van der Waals surface area contributed by atoms with E-state index in [-0.39, 0.29) is 5.78 Å². The summed E-state index contributed by atoms with van der Waals surface area (Å²) < 4.78 is 0. The molecule has 0 aliphatic rings. The molecule has 2 aromatic rings. The Hall–Kier alpha value is -1.93. The number of hydrogen-bond donors (Lipinski definition) is 0. The van der Waals surface area contributed by atoms with Crippen LogP contribution < -0.4 is 0 Å². The first kappa shape index (κ1) is 17.1. The topological polar surface area (TPSA) is 20.3 Å². The van der Waals surface area contributed by atoms with Crippen molar-refractivity contribution < 1.29 is 4.79 Å². The van der Waals surface area contributed by atoms with E-state index < -0.39 is 0 Å². The van der Waals surface area contributed by atoms with Gasteiger partial charge in [-0.2, -0.15) is 0 Å². The number of nitrogens with zero attached hydrogens (tertiary/aromatic N) is 1. The molecule has 2 rings (SSSR count). The maximum Gasteiger partial charge on any atom is 0.129 e. The lowest BCUT2D eigenvalue weighted by atomic mass is 10.2. The lowest BCUT2D eigenvalue weighted by molar-refractivity contribution is -0.116. The van der Waals surface area contributed by atoms with Gasteiger partial charge < -0.3 is 4.79 Å². The number of ketones is 1. The van der Waals surface area contributed by atoms with Crippen LogP contribution in [0.2, 0.25) is 0 Å². The van der Waals surface area contributed by atoms with Crippen molar-refractivity contribution in [1.29, 1.82) is 0 Å². The molecule has 0 aromatic heterocycles. The van der Waals surface area contributed by atoms with Gasteiger partial charge in [-0.05, 0) is 25.1 Å². The first-order chi connectivity index (χ1) is 10.1. The van der Waals surface area contributed by atoms with Crippen molar-refractivity contribution in [2.24, 2.45) is 0 Å². The van der Waals surface area contributed by atoms with Crippen LogP contribution in [0.4, 0.5) is 0 Å². The summed E-state index contributed by atoms with van der Waals surface area (Å²) in [6, 6.07) is 21.1. The molecule has 0 heterocycles. The molecular weight excluding hydrogens is 258 g/mol. The summed E-state index contributed by atoms with van der Waals surface area (Å²) in [5.74, 6) is 0.255. The van der Waals surface area contributed by atoms with Gasteiger partial charge in [-0.3, -0.25) is 4.90 Å². The van der Waals surface area contributed by atoms with Crippen LogP contribution in [0.25, 0.3) is 0 Å². The second-order valence-electron chi connectivity index (χ2n) is 5.20. The Labute approximate surface area is 128 Å². The van der Waals surface area contributed by atoms with Gasteiger partial charge >= 0.3 is 0 Å². The molecule has 2 aromatic carbocycles. The summed E-state index contributed by atoms with van der Waals surface area (Å²) in [5.41, 5.74) is 2.72. The van der Waals surface area contributed by atoms with Crippen molar-refractivity contribution in [3.05, 3.63) is 71.8 Å². The van der Waals surface area contributed by atoms with E-state index in [2.05, 4.69) is 72.6 Å². The fourth-order valence-electron chi connectivity index (χ4n) is 1.85. The molecule has 2 nitrogen and oxygen atoms in total. The summed E-state index contributed by atoms with van der Waals surface area (Å²) in [7, 11) is 2.15. The van der Waals surface area contributed by atoms with Crippen LogP contribution in [-0.2, 0) is 17.9 Å². The van der Waals surface area contributed by atoms with Gasteiger partial charge in [0, 0.05) is 19.5 Å². The van der Waals surface area contributed by atoms with Crippen molar-refractivity contribution in [2.75, 3.05) is 7.05 Å². The molecule has 0 unspecified atom stereocenters. The van der Waals surface area contributed by atoms with Gasteiger partial charge in [0.1, 0.15) is 5.78 Å². The zero-order valence-corrected chi connectivity index (χ0v) is 13.3. The third-order valence-electron chi connectivity index (χ3n) is 3.09. The molecule has 0 fully saturated rings. The number of hydrogen-bond acceptors (Lipinski definition) is 2. The van der Waals surface area contributed by atoms with Crippen molar-refractivity contribution in [3.63, 3.8) is 0 Å². The van der Waals surface area contributed by atoms with E-state index in [1.807, 2.05) is 6.92 Å². The van der Waals surface area contributed by atoms with Crippen molar-refractivity contribution >= 4 is 5.78 Å². The van der Waals surface area contributed by atoms with Crippen LogP contribution in [0, 0.1) is 0 Å². The van der Waals surface area contributed by atoms with Crippen LogP contribution in [0.3, 0.4) is 0 Å². The Kier molecular flexibility index (Phi) is 8.07. The number of carbonyl (C=O) groups excluding carboxylic acids is 1. The highest BCUT2D eigenvalue weighted by atomic mass is 16.1. The summed E-state index contributed by atoms with van der Waals surface area (Å²) in [4.78, 5) is 12.1. The summed E-state index contributed by atoms with van der Waals surface area (Å²) in [5, 5.41) is 0. The van der Waals surface area contributed by atoms with Crippen LogP contribution in [-0.4, -0.2) is 17.7 Å². The Morgan fingerprint density at radius 2 is 1.19 bits per heavy atom. The lowest BCUT2D eigenvalue weighted by Crippen LogP contribution is -2.16. The van der Waals surface area contributed by atoms with E-state index in [0.717, 1.165) is 13.1 Å². The zero-order chi connectivity index (χ0) is 15.5. The number of benzene rings is 2. The van der Waals surface area contributed by atoms with Gasteiger partial charge in [0.25, 0.3) is 0 Å². The van der Waals surface area contributed by atoms with Gasteiger partial charge in [-0.15, -0.1) is 0 Å². The molecule has 0 radical (unpaired) electrons. The van der Waals surface area contributed by atoms with Crippen LogP contribution >= 0.6 is 0 Å². The standard InChI is InChI=1S/C15H17N.C4H8O/c1-16(12-14-8-4-2-5-9-14)13-15-10-6-3-7-11-15;1-3-4(2)5/h2-11H,12-13H2,1H3;3H2,1-2H3. The molecule has 112 valence electrons. The highest BCUT2D eigenvalue weighted by molar-refractivity contribution is 5.74. The minimum atomic E-state index is 0.255. The molecule has 0 atom stereocenters. The van der Waals surface area contributed by atoms with E-state index in [1.54, 1.807) is 6.92 Å². The lowest BCUT2D eigenvalue weighted by Gasteiger charge is -2.16. The molecule has 0 saturated carbocycles. The van der Waals surface area contributed by atoms with Crippen molar-refractivity contribution in [2.45, 2.75) is 33.4 Å². The second-order valence-corrected chi connectivity index (χ2v) is 5.20. The molecule has 2 heteroatoms. The molecular formula is C19H25NO. The predicted octanol–water partition coefficient (Wildman–Crippen LogP) is 4.30. The van der Waals surface area contributed by atoms with Crippen LogP contribution in [0.5, 0.6) is 0 Å². The largest absolute Gasteiger partial charge is 0.300 e. The van der Waals surface area contributed by atoms with Gasteiger partial charge in [0.05, 0.1) is 0 Å². The third-order valence-corrected chi connectivity index (χ3v) is 3.09. The molecule has 0 saturated heterocycles. The number of rotatable bonds is 5. The van der Waals surface area contributed by atoms with E-state index >= 15 is 0 Å². The normalized spacial score (nSPS) is 9.90. The second kappa shape index (κ2) is 9.89. The summed E-state index contributed by atoms with van der Waals surface area (Å²) >= 11 is 0. The van der Waals surface area contributed by atoms with E-state index in [0.29, 0.717) is 6.42 Å². The van der Waals surface area contributed by atoms with Gasteiger partial charge in [-0.25, -0.2) is 0 Å². The molecule has 0 bridgehead atoms. The minimum absolute atomic E-state index is 0.255. The maximum atomic E-state index is 9.81. The van der Waals surface area contributed by atoms with Gasteiger partial charge in [0.15, 0.2) is 0 Å². The highest BCUT2D eigenvalue weighted by Crippen LogP contribution is 2.07. The first-order valence-electron chi connectivity index (χ1n) is 7.37. The Morgan fingerprint density at radius 1 is 0.857 bits per heavy atom. The van der Waals surface area contributed by atoms with E-state index in [9.17, 15) is 4.79 Å². The molecule has 0 spiro atoms. The third kappa shape index (κ3) is 8.05. The monoisotopic (exact) mass is 283 g/mol. The minimum Gasteiger partial charge on any atom is -0.300 e. The Bertz CT molecular complexity index is 466. The molecule has 0 N–H and O–H groups in total. The van der Waals surface area contributed by atoms with Gasteiger partial charge in [-0.1, -0.05) is 67.6 Å². The van der Waals surface area contributed by atoms with E-state index in [1.165, 1.54) is 11.1 Å². The summed E-state index contributed by atoms with van der Waals surface area (Å²) in [6.07, 6.45) is 0.667. The molecule has 0 aliphatic heterocycles. The SMILES string of the molecule is CCC(C)=O.CN(Cc1ccccc1)Cc1ccccc1. The number of Topliss-reactive ketones (excluding diaryl/α,β-unsaturated/α-hetero) is 1. The average molecular weight is 283 g/mol. The summed E-state index contributed by atoms with van der Waals surface area (Å²) in [6.45, 7) is 5.42. The zero-order valence-electron chi connectivity index (χ0n) is 13.3. The van der Waals surface area contributed by atoms with E-state index in [4.69, 9.17) is 0 Å². The van der Waals surface area contributed by atoms with Gasteiger partial charge in [0.2, 0.25) is 0 Å². The Morgan fingerprint density at radius 3 is 1.48 bits per heavy atom. The quantitative estimate of drug-likeness (QED) is 0.815. The Balaban J connectivity index is 0.000000383. The molecule has 0 amide bonds.